The Morgan fingerprint density at radius 2 is 1.64 bits per heavy atom. The lowest BCUT2D eigenvalue weighted by atomic mass is 10.1. The molecule has 0 saturated carbocycles. The summed E-state index contributed by atoms with van der Waals surface area (Å²) in [6.07, 6.45) is 5.61. The van der Waals surface area contributed by atoms with Gasteiger partial charge in [0.2, 0.25) is 5.78 Å². The fraction of sp³-hybridized carbons (Fsp3) is 0.368. The summed E-state index contributed by atoms with van der Waals surface area (Å²) in [5, 5.41) is 0. The highest BCUT2D eigenvalue weighted by atomic mass is 19.1. The summed E-state index contributed by atoms with van der Waals surface area (Å²) < 4.78 is 30.0. The van der Waals surface area contributed by atoms with E-state index in [1.54, 1.807) is 17.5 Å². The maximum absolute atomic E-state index is 14.1. The van der Waals surface area contributed by atoms with E-state index in [0.717, 1.165) is 31.7 Å². The second-order valence-electron chi connectivity index (χ2n) is 6.13. The number of hydrogen-bond acceptors (Lipinski definition) is 3. The van der Waals surface area contributed by atoms with Gasteiger partial charge in [-0.25, -0.2) is 13.8 Å². The molecule has 0 N–H and O–H groups in total. The minimum atomic E-state index is -0.594. The number of anilines is 1. The van der Waals surface area contributed by atoms with Crippen LogP contribution in [0.1, 0.15) is 32.4 Å². The van der Waals surface area contributed by atoms with Gasteiger partial charge >= 0.3 is 0 Å². The molecule has 0 radical (unpaired) electrons. The number of halogens is 2. The molecule has 0 aliphatic carbocycles. The van der Waals surface area contributed by atoms with E-state index in [1.165, 1.54) is 18.2 Å². The monoisotopic (exact) mass is 344 g/mol. The molecule has 6 heteroatoms. The van der Waals surface area contributed by atoms with Gasteiger partial charge in [0.05, 0.1) is 17.5 Å². The molecule has 0 spiro atoms. The molecule has 0 unspecified atom stereocenters. The Morgan fingerprint density at radius 1 is 1.00 bits per heavy atom. The van der Waals surface area contributed by atoms with Crippen LogP contribution in [0.15, 0.2) is 30.6 Å². The highest BCUT2D eigenvalue weighted by Crippen LogP contribution is 2.29. The molecule has 1 aromatic carbocycles. The summed E-state index contributed by atoms with van der Waals surface area (Å²) in [6.45, 7) is 7.81. The van der Waals surface area contributed by atoms with Gasteiger partial charge in [0, 0.05) is 24.8 Å². The predicted molar refractivity (Wildman–Crippen MR) is 95.9 cm³/mol. The first kappa shape index (κ1) is 17.3. The van der Waals surface area contributed by atoms with Crippen LogP contribution < -0.4 is 4.90 Å². The Labute approximate surface area is 146 Å². The van der Waals surface area contributed by atoms with Gasteiger partial charge in [-0.3, -0.25) is 4.40 Å². The summed E-state index contributed by atoms with van der Waals surface area (Å²) in [7, 11) is 0. The number of aromatic nitrogens is 3. The molecular weight excluding hydrogens is 322 g/mol. The zero-order chi connectivity index (χ0) is 18.0. The zero-order valence-electron chi connectivity index (χ0n) is 14.8. The van der Waals surface area contributed by atoms with Crippen molar-refractivity contribution in [1.82, 2.24) is 14.4 Å². The molecule has 3 rings (SSSR count). The van der Waals surface area contributed by atoms with Gasteiger partial charge in [-0.2, -0.15) is 4.98 Å². The lowest BCUT2D eigenvalue weighted by Crippen LogP contribution is -2.25. The van der Waals surface area contributed by atoms with Crippen molar-refractivity contribution in [2.75, 3.05) is 18.0 Å². The summed E-state index contributed by atoms with van der Waals surface area (Å²) >= 11 is 0. The summed E-state index contributed by atoms with van der Waals surface area (Å²) in [5.41, 5.74) is 0.930. The smallest absolute Gasteiger partial charge is 0.236 e. The first-order chi connectivity index (χ1) is 12.0. The molecule has 25 heavy (non-hydrogen) atoms. The quantitative estimate of drug-likeness (QED) is 0.655. The molecular formula is C19H22F2N4. The second kappa shape index (κ2) is 7.17. The Balaban J connectivity index is 2.10. The summed E-state index contributed by atoms with van der Waals surface area (Å²) in [4.78, 5) is 11.2. The van der Waals surface area contributed by atoms with Crippen LogP contribution in [0.4, 0.5) is 14.6 Å². The standard InChI is InChI=1S/C19H22F2N4/c1-4-9-24(10-5-2)17-12-25-11-14(13(3)22-19(25)23-17)18-15(20)7-6-8-16(18)21/h6-8,11-12H,4-5,9-10H2,1-3H3. The summed E-state index contributed by atoms with van der Waals surface area (Å²) in [6, 6.07) is 3.87. The average Bonchev–Trinajstić information content (AvgIpc) is 2.97. The van der Waals surface area contributed by atoms with E-state index in [9.17, 15) is 8.78 Å². The van der Waals surface area contributed by atoms with Crippen LogP contribution in [0.3, 0.4) is 0 Å². The van der Waals surface area contributed by atoms with Crippen LogP contribution in [-0.4, -0.2) is 27.5 Å². The molecule has 2 aromatic heterocycles. The summed E-state index contributed by atoms with van der Waals surface area (Å²) in [5.74, 6) is 0.179. The fourth-order valence-corrected chi connectivity index (χ4v) is 3.03. The van der Waals surface area contributed by atoms with E-state index in [4.69, 9.17) is 0 Å². The van der Waals surface area contributed by atoms with Crippen molar-refractivity contribution in [1.29, 1.82) is 0 Å². The molecule has 0 bridgehead atoms. The molecule has 0 aliphatic rings. The third-order valence-electron chi connectivity index (χ3n) is 4.17. The molecule has 2 heterocycles. The van der Waals surface area contributed by atoms with Gasteiger partial charge in [0.1, 0.15) is 17.5 Å². The maximum atomic E-state index is 14.1. The number of aryl methyl sites for hydroxylation is 1. The third-order valence-corrected chi connectivity index (χ3v) is 4.17. The van der Waals surface area contributed by atoms with Crippen molar-refractivity contribution in [3.63, 3.8) is 0 Å². The minimum absolute atomic E-state index is 0.0522. The maximum Gasteiger partial charge on any atom is 0.236 e. The van der Waals surface area contributed by atoms with Crippen LogP contribution in [0, 0.1) is 18.6 Å². The van der Waals surface area contributed by atoms with E-state index in [1.807, 2.05) is 6.20 Å². The van der Waals surface area contributed by atoms with E-state index in [2.05, 4.69) is 28.7 Å². The van der Waals surface area contributed by atoms with E-state index in [0.29, 0.717) is 17.0 Å². The number of rotatable bonds is 6. The van der Waals surface area contributed by atoms with E-state index < -0.39 is 11.6 Å². The average molecular weight is 344 g/mol. The molecule has 0 saturated heterocycles. The van der Waals surface area contributed by atoms with E-state index >= 15 is 0 Å². The zero-order valence-corrected chi connectivity index (χ0v) is 14.8. The van der Waals surface area contributed by atoms with Crippen molar-refractivity contribution in [3.8, 4) is 11.1 Å². The predicted octanol–water partition coefficient (Wildman–Crippen LogP) is 4.61. The topological polar surface area (TPSA) is 33.4 Å². The Bertz CT molecular complexity index is 862. The Hall–Kier alpha value is -2.50. The molecule has 0 atom stereocenters. The number of nitrogens with zero attached hydrogens (tertiary/aromatic N) is 4. The van der Waals surface area contributed by atoms with Crippen LogP contribution >= 0.6 is 0 Å². The highest BCUT2D eigenvalue weighted by Gasteiger charge is 2.17. The Kier molecular flexibility index (Phi) is 4.97. The number of benzene rings is 1. The normalized spacial score (nSPS) is 11.2. The lowest BCUT2D eigenvalue weighted by Gasteiger charge is -2.20. The first-order valence-electron chi connectivity index (χ1n) is 8.60. The van der Waals surface area contributed by atoms with Crippen LogP contribution in [0.5, 0.6) is 0 Å². The molecule has 0 amide bonds. The molecule has 132 valence electrons. The van der Waals surface area contributed by atoms with Crippen molar-refractivity contribution in [3.05, 3.63) is 47.9 Å². The van der Waals surface area contributed by atoms with Crippen molar-refractivity contribution in [2.45, 2.75) is 33.6 Å². The number of fused-ring (bicyclic) bond motifs is 1. The second-order valence-corrected chi connectivity index (χ2v) is 6.13. The van der Waals surface area contributed by atoms with Gasteiger partial charge in [0.15, 0.2) is 0 Å². The van der Waals surface area contributed by atoms with Crippen molar-refractivity contribution >= 4 is 11.6 Å². The molecule has 4 nitrogen and oxygen atoms in total. The third kappa shape index (κ3) is 3.34. The van der Waals surface area contributed by atoms with Crippen molar-refractivity contribution < 1.29 is 8.78 Å². The molecule has 0 aliphatic heterocycles. The fourth-order valence-electron chi connectivity index (χ4n) is 3.03. The minimum Gasteiger partial charge on any atom is -0.355 e. The van der Waals surface area contributed by atoms with Gasteiger partial charge < -0.3 is 4.90 Å². The van der Waals surface area contributed by atoms with E-state index in [-0.39, 0.29) is 5.56 Å². The van der Waals surface area contributed by atoms with Gasteiger partial charge in [0.25, 0.3) is 0 Å². The number of imidazole rings is 1. The van der Waals surface area contributed by atoms with Gasteiger partial charge in [-0.1, -0.05) is 19.9 Å². The van der Waals surface area contributed by atoms with Crippen LogP contribution in [0.25, 0.3) is 16.9 Å². The van der Waals surface area contributed by atoms with Crippen LogP contribution in [-0.2, 0) is 0 Å². The lowest BCUT2D eigenvalue weighted by molar-refractivity contribution is 0.589. The molecule has 3 aromatic rings. The SMILES string of the molecule is CCCN(CCC)c1cn2cc(-c3c(F)cccc3F)c(C)nc2n1. The molecule has 0 fully saturated rings. The van der Waals surface area contributed by atoms with Crippen molar-refractivity contribution in [2.24, 2.45) is 0 Å². The van der Waals surface area contributed by atoms with Gasteiger partial charge in [-0.15, -0.1) is 0 Å². The highest BCUT2D eigenvalue weighted by molar-refractivity contribution is 5.67. The number of hydrogen-bond donors (Lipinski definition) is 0. The Morgan fingerprint density at radius 3 is 2.24 bits per heavy atom. The first-order valence-corrected chi connectivity index (χ1v) is 8.60. The van der Waals surface area contributed by atoms with Crippen LogP contribution in [0.2, 0.25) is 0 Å². The largest absolute Gasteiger partial charge is 0.355 e. The van der Waals surface area contributed by atoms with Gasteiger partial charge in [-0.05, 0) is 31.9 Å².